The molecule has 140 valence electrons. The predicted octanol–water partition coefficient (Wildman–Crippen LogP) is 3.00. The molecule has 5 rings (SSSR count). The number of sulfonamides is 1. The van der Waals surface area contributed by atoms with Crippen molar-refractivity contribution in [3.8, 4) is 5.75 Å². The summed E-state index contributed by atoms with van der Waals surface area (Å²) in [6.07, 6.45) is 4.39. The number of aromatic nitrogens is 2. The van der Waals surface area contributed by atoms with Gasteiger partial charge in [-0.05, 0) is 49.1 Å². The minimum atomic E-state index is -3.51. The van der Waals surface area contributed by atoms with Gasteiger partial charge < -0.3 is 4.74 Å². The van der Waals surface area contributed by atoms with E-state index in [-0.39, 0.29) is 6.04 Å². The molecule has 0 spiro atoms. The third kappa shape index (κ3) is 2.82. The van der Waals surface area contributed by atoms with Crippen molar-refractivity contribution in [2.45, 2.75) is 30.2 Å². The van der Waals surface area contributed by atoms with Gasteiger partial charge in [0.1, 0.15) is 5.75 Å². The number of para-hydroxylation sites is 1. The van der Waals surface area contributed by atoms with E-state index in [9.17, 15) is 8.42 Å². The number of hydrogen-bond donors (Lipinski definition) is 0. The number of ether oxygens (including phenoxy) is 1. The molecule has 1 unspecified atom stereocenters. The average Bonchev–Trinajstić information content (AvgIpc) is 3.35. The van der Waals surface area contributed by atoms with Crippen molar-refractivity contribution in [1.82, 2.24) is 14.1 Å². The maximum Gasteiger partial charge on any atom is 0.243 e. The third-order valence-corrected chi connectivity index (χ3v) is 7.36. The molecule has 1 saturated heterocycles. The van der Waals surface area contributed by atoms with Gasteiger partial charge in [0, 0.05) is 18.5 Å². The maximum absolute atomic E-state index is 13.2. The molecular weight excluding hydrogens is 362 g/mol. The summed E-state index contributed by atoms with van der Waals surface area (Å²) in [6, 6.07) is 13.3. The van der Waals surface area contributed by atoms with Gasteiger partial charge in [0.2, 0.25) is 10.0 Å². The lowest BCUT2D eigenvalue weighted by molar-refractivity contribution is 0.288. The zero-order chi connectivity index (χ0) is 18.4. The zero-order valence-electron chi connectivity index (χ0n) is 14.9. The molecule has 2 aliphatic heterocycles. The summed E-state index contributed by atoms with van der Waals surface area (Å²) < 4.78 is 35.5. The lowest BCUT2D eigenvalue weighted by Crippen LogP contribution is -2.29. The molecule has 7 heteroatoms. The molecule has 2 aliphatic rings. The van der Waals surface area contributed by atoms with Gasteiger partial charge in [-0.3, -0.25) is 4.68 Å². The Balaban J connectivity index is 1.42. The van der Waals surface area contributed by atoms with Crippen molar-refractivity contribution in [3.05, 3.63) is 54.2 Å². The highest BCUT2D eigenvalue weighted by molar-refractivity contribution is 7.89. The van der Waals surface area contributed by atoms with Crippen LogP contribution in [0.3, 0.4) is 0 Å². The zero-order valence-corrected chi connectivity index (χ0v) is 15.7. The van der Waals surface area contributed by atoms with Gasteiger partial charge in [-0.25, -0.2) is 8.42 Å². The SMILES string of the molecule is O=S(=O)(c1ccc2c(c1)CCCO2)N1CCC(n2ncc3ccccc32)C1. The summed E-state index contributed by atoms with van der Waals surface area (Å²) in [6.45, 7) is 1.65. The molecule has 1 atom stereocenters. The Hall–Kier alpha value is -2.38. The lowest BCUT2D eigenvalue weighted by atomic mass is 10.1. The summed E-state index contributed by atoms with van der Waals surface area (Å²) >= 11 is 0. The number of nitrogens with zero attached hydrogens (tertiary/aromatic N) is 3. The second-order valence-electron chi connectivity index (χ2n) is 7.18. The van der Waals surface area contributed by atoms with Crippen LogP contribution in [0.2, 0.25) is 0 Å². The van der Waals surface area contributed by atoms with E-state index in [0.717, 1.165) is 41.5 Å². The van der Waals surface area contributed by atoms with E-state index in [1.54, 1.807) is 22.5 Å². The van der Waals surface area contributed by atoms with Crippen LogP contribution in [0.4, 0.5) is 0 Å². The fourth-order valence-electron chi connectivity index (χ4n) is 4.06. The summed E-state index contributed by atoms with van der Waals surface area (Å²) in [5, 5.41) is 5.58. The number of hydrogen-bond acceptors (Lipinski definition) is 4. The Kier molecular flexibility index (Phi) is 3.94. The van der Waals surface area contributed by atoms with E-state index in [1.807, 2.05) is 35.1 Å². The smallest absolute Gasteiger partial charge is 0.243 e. The lowest BCUT2D eigenvalue weighted by Gasteiger charge is -2.20. The summed E-state index contributed by atoms with van der Waals surface area (Å²) in [4.78, 5) is 0.359. The minimum absolute atomic E-state index is 0.0561. The highest BCUT2D eigenvalue weighted by Gasteiger charge is 2.34. The summed E-state index contributed by atoms with van der Waals surface area (Å²) in [7, 11) is -3.51. The van der Waals surface area contributed by atoms with Crippen molar-refractivity contribution in [3.63, 3.8) is 0 Å². The van der Waals surface area contributed by atoms with Gasteiger partial charge in [-0.15, -0.1) is 0 Å². The third-order valence-electron chi connectivity index (χ3n) is 5.49. The molecular formula is C20H21N3O3S. The van der Waals surface area contributed by atoms with Crippen molar-refractivity contribution in [1.29, 1.82) is 0 Å². The van der Waals surface area contributed by atoms with E-state index in [1.165, 1.54) is 0 Å². The monoisotopic (exact) mass is 383 g/mol. The molecule has 3 aromatic rings. The van der Waals surface area contributed by atoms with E-state index >= 15 is 0 Å². The fraction of sp³-hybridized carbons (Fsp3) is 0.350. The van der Waals surface area contributed by atoms with Crippen LogP contribution in [0.25, 0.3) is 10.9 Å². The second-order valence-corrected chi connectivity index (χ2v) is 9.11. The van der Waals surface area contributed by atoms with E-state index in [0.29, 0.717) is 24.6 Å². The van der Waals surface area contributed by atoms with Crippen LogP contribution in [0.5, 0.6) is 5.75 Å². The normalized spacial score (nSPS) is 20.5. The largest absolute Gasteiger partial charge is 0.493 e. The average molecular weight is 383 g/mol. The van der Waals surface area contributed by atoms with Gasteiger partial charge in [0.15, 0.2) is 0 Å². The molecule has 0 amide bonds. The van der Waals surface area contributed by atoms with Crippen LogP contribution in [-0.2, 0) is 16.4 Å². The van der Waals surface area contributed by atoms with Gasteiger partial charge in [0.25, 0.3) is 0 Å². The van der Waals surface area contributed by atoms with E-state index in [4.69, 9.17) is 4.74 Å². The molecule has 0 radical (unpaired) electrons. The molecule has 27 heavy (non-hydrogen) atoms. The van der Waals surface area contributed by atoms with E-state index in [2.05, 4.69) is 5.10 Å². The molecule has 1 aromatic heterocycles. The Bertz CT molecular complexity index is 1110. The molecule has 6 nitrogen and oxygen atoms in total. The van der Waals surface area contributed by atoms with Crippen molar-refractivity contribution in [2.24, 2.45) is 0 Å². The highest BCUT2D eigenvalue weighted by atomic mass is 32.2. The fourth-order valence-corrected chi connectivity index (χ4v) is 5.60. The van der Waals surface area contributed by atoms with Crippen LogP contribution < -0.4 is 4.74 Å². The Labute approximate surface area is 158 Å². The first-order valence-corrected chi connectivity index (χ1v) is 10.7. The second kappa shape index (κ2) is 6.35. The van der Waals surface area contributed by atoms with Gasteiger partial charge in [0.05, 0.1) is 29.3 Å². The molecule has 0 aliphatic carbocycles. The Morgan fingerprint density at radius 2 is 2.04 bits per heavy atom. The standard InChI is InChI=1S/C20H21N3O3S/c24-27(25,18-7-8-20-15(12-18)5-3-11-26-20)22-10-9-17(14-22)23-19-6-2-1-4-16(19)13-21-23/h1-2,4,6-8,12-13,17H,3,5,9-11,14H2. The highest BCUT2D eigenvalue weighted by Crippen LogP contribution is 2.32. The molecule has 3 heterocycles. The Morgan fingerprint density at radius 1 is 1.15 bits per heavy atom. The van der Waals surface area contributed by atoms with Crippen LogP contribution >= 0.6 is 0 Å². The molecule has 0 bridgehead atoms. The van der Waals surface area contributed by atoms with Crippen molar-refractivity contribution < 1.29 is 13.2 Å². The first-order chi connectivity index (χ1) is 13.1. The van der Waals surface area contributed by atoms with Gasteiger partial charge in [-0.1, -0.05) is 18.2 Å². The number of aryl methyl sites for hydroxylation is 1. The molecule has 2 aromatic carbocycles. The van der Waals surface area contributed by atoms with Gasteiger partial charge in [-0.2, -0.15) is 9.40 Å². The van der Waals surface area contributed by atoms with Crippen LogP contribution in [0.1, 0.15) is 24.4 Å². The maximum atomic E-state index is 13.2. The number of fused-ring (bicyclic) bond motifs is 2. The van der Waals surface area contributed by atoms with Crippen molar-refractivity contribution in [2.75, 3.05) is 19.7 Å². The Morgan fingerprint density at radius 3 is 2.96 bits per heavy atom. The van der Waals surface area contributed by atoms with Crippen LogP contribution in [0.15, 0.2) is 53.6 Å². The first kappa shape index (κ1) is 16.8. The minimum Gasteiger partial charge on any atom is -0.493 e. The molecule has 1 fully saturated rings. The van der Waals surface area contributed by atoms with E-state index < -0.39 is 10.0 Å². The quantitative estimate of drug-likeness (QED) is 0.697. The van der Waals surface area contributed by atoms with Gasteiger partial charge >= 0.3 is 0 Å². The van der Waals surface area contributed by atoms with Crippen LogP contribution in [-0.4, -0.2) is 42.2 Å². The van der Waals surface area contributed by atoms with Crippen molar-refractivity contribution >= 4 is 20.9 Å². The predicted molar refractivity (Wildman–Crippen MR) is 102 cm³/mol. The summed E-state index contributed by atoms with van der Waals surface area (Å²) in [5.41, 5.74) is 2.03. The summed E-state index contributed by atoms with van der Waals surface area (Å²) in [5.74, 6) is 0.808. The molecule has 0 N–H and O–H groups in total. The molecule has 0 saturated carbocycles. The topological polar surface area (TPSA) is 64.4 Å². The number of benzene rings is 2. The van der Waals surface area contributed by atoms with Crippen LogP contribution in [0, 0.1) is 0 Å². The first-order valence-electron chi connectivity index (χ1n) is 9.31. The number of rotatable bonds is 3.